The van der Waals surface area contributed by atoms with Crippen molar-refractivity contribution in [3.63, 3.8) is 0 Å². The number of rotatable bonds is 2. The normalized spacial score (nSPS) is 11.0. The van der Waals surface area contributed by atoms with Gasteiger partial charge in [-0.2, -0.15) is 8.78 Å². The molecule has 0 saturated heterocycles. The summed E-state index contributed by atoms with van der Waals surface area (Å²) < 4.78 is 23.0. The van der Waals surface area contributed by atoms with Gasteiger partial charge in [-0.15, -0.1) is 0 Å². The lowest BCUT2D eigenvalue weighted by molar-refractivity contribution is 0.0929. The lowest BCUT2D eigenvalue weighted by Crippen LogP contribution is -2.31. The fraction of sp³-hybridized carbons (Fsp3) is 0.667. The Balaban J connectivity index is 3.39. The molecule has 0 spiro atoms. The zero-order valence-corrected chi connectivity index (χ0v) is 4.95. The average molecular weight is 160 g/mol. The van der Waals surface area contributed by atoms with E-state index >= 15 is 0 Å². The van der Waals surface area contributed by atoms with Gasteiger partial charge in [0.2, 0.25) is 0 Å². The number of halogens is 3. The molecule has 0 atom stereocenters. The number of carboxylic acid groups (broad SMARTS) is 1. The highest BCUT2D eigenvalue weighted by Gasteiger charge is 2.24. The van der Waals surface area contributed by atoms with E-state index in [1.165, 1.54) is 5.32 Å². The number of alkyl halides is 3. The number of hydrogen-bond donors (Lipinski definition) is 2. The van der Waals surface area contributed by atoms with E-state index in [1.807, 2.05) is 0 Å². The molecule has 0 saturated carbocycles. The van der Waals surface area contributed by atoms with Crippen molar-refractivity contribution in [2.75, 3.05) is 6.54 Å². The Morgan fingerprint density at radius 1 is 1.78 bits per heavy atom. The van der Waals surface area contributed by atoms with Crippen molar-refractivity contribution in [3.05, 3.63) is 0 Å². The zero-order valence-electron chi connectivity index (χ0n) is 4.20. The first-order valence-electron chi connectivity index (χ1n) is 1.95. The third-order valence-corrected chi connectivity index (χ3v) is 0.574. The quantitative estimate of drug-likeness (QED) is 0.593. The first kappa shape index (κ1) is 8.42. The summed E-state index contributed by atoms with van der Waals surface area (Å²) in [5.74, 6) is 0. The number of carbonyl (C=O) groups is 1. The molecule has 2 N–H and O–H groups in total. The molecular weight excluding hydrogens is 155 g/mol. The smallest absolute Gasteiger partial charge is 0.404 e. The van der Waals surface area contributed by atoms with Crippen LogP contribution >= 0.6 is 11.6 Å². The lowest BCUT2D eigenvalue weighted by atomic mass is 10.7. The highest BCUT2D eigenvalue weighted by Crippen LogP contribution is 2.16. The molecule has 0 radical (unpaired) electrons. The monoisotopic (exact) mass is 159 g/mol. The Morgan fingerprint density at radius 2 is 2.22 bits per heavy atom. The number of nitrogens with one attached hydrogen (secondary N) is 1. The van der Waals surface area contributed by atoms with Crippen LogP contribution in [0.1, 0.15) is 0 Å². The summed E-state index contributed by atoms with van der Waals surface area (Å²) >= 11 is 4.32. The molecule has 0 aliphatic rings. The van der Waals surface area contributed by atoms with Crippen LogP contribution in [0.4, 0.5) is 13.6 Å². The first-order chi connectivity index (χ1) is 3.92. The van der Waals surface area contributed by atoms with Crippen LogP contribution in [0.15, 0.2) is 0 Å². The minimum atomic E-state index is -3.49. The summed E-state index contributed by atoms with van der Waals surface area (Å²) in [6.07, 6.45) is -1.52. The van der Waals surface area contributed by atoms with Gasteiger partial charge in [-0.3, -0.25) is 0 Å². The fourth-order valence-electron chi connectivity index (χ4n) is 0.176. The summed E-state index contributed by atoms with van der Waals surface area (Å²) in [6.45, 7) is -1.07. The fourth-order valence-corrected chi connectivity index (χ4v) is 0.243. The molecule has 0 heterocycles. The molecule has 0 bridgehead atoms. The van der Waals surface area contributed by atoms with Gasteiger partial charge in [-0.25, -0.2) is 4.79 Å². The van der Waals surface area contributed by atoms with Gasteiger partial charge in [0.25, 0.3) is 0 Å². The predicted octanol–water partition coefficient (Wildman–Crippen LogP) is 1.09. The van der Waals surface area contributed by atoms with Gasteiger partial charge in [0.1, 0.15) is 0 Å². The standard InChI is InChI=1S/C3H4ClF2NO2/c4-3(5,6)1-7-2(8)9/h7H,1H2,(H,8,9). The Morgan fingerprint density at radius 3 is 2.33 bits per heavy atom. The van der Waals surface area contributed by atoms with Crippen LogP contribution in [-0.4, -0.2) is 23.1 Å². The van der Waals surface area contributed by atoms with E-state index in [2.05, 4.69) is 11.6 Å². The van der Waals surface area contributed by atoms with E-state index in [4.69, 9.17) is 5.11 Å². The molecular formula is C3H4ClF2NO2. The largest absolute Gasteiger partial charge is 0.465 e. The summed E-state index contributed by atoms with van der Waals surface area (Å²) in [4.78, 5) is 9.54. The molecule has 54 valence electrons. The van der Waals surface area contributed by atoms with E-state index in [0.717, 1.165) is 0 Å². The minimum absolute atomic E-state index is 1.07. The highest BCUT2D eigenvalue weighted by molar-refractivity contribution is 6.21. The predicted molar refractivity (Wildman–Crippen MR) is 26.8 cm³/mol. The molecule has 0 aliphatic heterocycles. The summed E-state index contributed by atoms with van der Waals surface area (Å²) in [5.41, 5.74) is 0. The molecule has 0 rings (SSSR count). The van der Waals surface area contributed by atoms with E-state index < -0.39 is 18.0 Å². The van der Waals surface area contributed by atoms with Crippen molar-refractivity contribution >= 4 is 17.7 Å². The van der Waals surface area contributed by atoms with Crippen molar-refractivity contribution in [3.8, 4) is 0 Å². The molecule has 0 aromatic heterocycles. The molecule has 1 amide bonds. The van der Waals surface area contributed by atoms with Gasteiger partial charge < -0.3 is 10.4 Å². The molecule has 0 aliphatic carbocycles. The topological polar surface area (TPSA) is 49.3 Å². The van der Waals surface area contributed by atoms with Crippen molar-refractivity contribution < 1.29 is 18.7 Å². The van der Waals surface area contributed by atoms with Gasteiger partial charge >= 0.3 is 11.5 Å². The van der Waals surface area contributed by atoms with Crippen LogP contribution < -0.4 is 5.32 Å². The van der Waals surface area contributed by atoms with E-state index in [-0.39, 0.29) is 0 Å². The maximum atomic E-state index is 11.5. The SMILES string of the molecule is O=C(O)NCC(F)(F)Cl. The molecule has 6 heteroatoms. The Hall–Kier alpha value is -0.580. The van der Waals surface area contributed by atoms with Crippen LogP contribution in [-0.2, 0) is 0 Å². The second kappa shape index (κ2) is 2.82. The van der Waals surface area contributed by atoms with Crippen LogP contribution in [0.25, 0.3) is 0 Å². The van der Waals surface area contributed by atoms with Crippen LogP contribution in [0, 0.1) is 0 Å². The third-order valence-electron chi connectivity index (χ3n) is 0.440. The summed E-state index contributed by atoms with van der Waals surface area (Å²) in [5, 5.41) is 5.71. The molecule has 0 fully saturated rings. The second-order valence-electron chi connectivity index (χ2n) is 1.27. The molecule has 0 aromatic rings. The second-order valence-corrected chi connectivity index (χ2v) is 1.83. The minimum Gasteiger partial charge on any atom is -0.465 e. The molecule has 3 nitrogen and oxygen atoms in total. The maximum Gasteiger partial charge on any atom is 0.404 e. The maximum absolute atomic E-state index is 11.5. The van der Waals surface area contributed by atoms with Crippen LogP contribution in [0.2, 0.25) is 0 Å². The van der Waals surface area contributed by atoms with Crippen molar-refractivity contribution in [2.45, 2.75) is 5.38 Å². The summed E-state index contributed by atoms with van der Waals surface area (Å²) in [7, 11) is 0. The third kappa shape index (κ3) is 7.42. The molecule has 0 aromatic carbocycles. The first-order valence-corrected chi connectivity index (χ1v) is 2.33. The van der Waals surface area contributed by atoms with Crippen LogP contribution in [0.5, 0.6) is 0 Å². The van der Waals surface area contributed by atoms with E-state index in [9.17, 15) is 13.6 Å². The Kier molecular flexibility index (Phi) is 2.64. The number of hydrogen-bond acceptors (Lipinski definition) is 1. The van der Waals surface area contributed by atoms with E-state index in [1.54, 1.807) is 0 Å². The van der Waals surface area contributed by atoms with Gasteiger partial charge in [0, 0.05) is 0 Å². The van der Waals surface area contributed by atoms with Gasteiger partial charge in [0.05, 0.1) is 6.54 Å². The molecule has 9 heavy (non-hydrogen) atoms. The number of amides is 1. The van der Waals surface area contributed by atoms with Gasteiger partial charge in [-0.05, 0) is 11.6 Å². The molecule has 0 unspecified atom stereocenters. The lowest BCUT2D eigenvalue weighted by Gasteiger charge is -2.05. The Bertz CT molecular complexity index is 113. The van der Waals surface area contributed by atoms with E-state index in [0.29, 0.717) is 0 Å². The Labute approximate surface area is 54.6 Å². The highest BCUT2D eigenvalue weighted by atomic mass is 35.5. The van der Waals surface area contributed by atoms with Gasteiger partial charge in [0.15, 0.2) is 0 Å². The van der Waals surface area contributed by atoms with Crippen LogP contribution in [0.3, 0.4) is 0 Å². The van der Waals surface area contributed by atoms with Crippen molar-refractivity contribution in [1.29, 1.82) is 0 Å². The van der Waals surface area contributed by atoms with Crippen molar-refractivity contribution in [1.82, 2.24) is 5.32 Å². The summed E-state index contributed by atoms with van der Waals surface area (Å²) in [6, 6.07) is 0. The zero-order chi connectivity index (χ0) is 7.49. The van der Waals surface area contributed by atoms with Gasteiger partial charge in [-0.1, -0.05) is 0 Å². The average Bonchev–Trinajstić information content (AvgIpc) is 1.59. The van der Waals surface area contributed by atoms with Crippen molar-refractivity contribution in [2.24, 2.45) is 0 Å².